The first kappa shape index (κ1) is 7.97. The minimum Gasteiger partial charge on any atom is -0.607 e. The van der Waals surface area contributed by atoms with E-state index in [1.165, 1.54) is 0 Å². The molecular formula is C6H6BNO5. The lowest BCUT2D eigenvalue weighted by molar-refractivity contribution is -0.138. The summed E-state index contributed by atoms with van der Waals surface area (Å²) in [6.07, 6.45) is -0.0939. The summed E-state index contributed by atoms with van der Waals surface area (Å²) in [5.41, 5.74) is 5.01. The lowest BCUT2D eigenvalue weighted by Gasteiger charge is -2.20. The molecule has 2 saturated heterocycles. The first-order chi connectivity index (χ1) is 6.04. The van der Waals surface area contributed by atoms with Crippen molar-refractivity contribution in [2.45, 2.75) is 12.8 Å². The van der Waals surface area contributed by atoms with Gasteiger partial charge in [0.05, 0.1) is 0 Å². The van der Waals surface area contributed by atoms with Crippen LogP contribution in [0.2, 0.25) is 0 Å². The van der Waals surface area contributed by atoms with Crippen molar-refractivity contribution in [2.75, 3.05) is 0 Å². The summed E-state index contributed by atoms with van der Waals surface area (Å²) in [6.45, 7) is -2.59. The number of carbonyl (C=O) groups is 3. The maximum atomic E-state index is 11.0. The third kappa shape index (κ3) is 0.897. The summed E-state index contributed by atoms with van der Waals surface area (Å²) >= 11 is 0. The van der Waals surface area contributed by atoms with Gasteiger partial charge in [0.1, 0.15) is 12.8 Å². The fourth-order valence-electron chi connectivity index (χ4n) is 1.66. The van der Waals surface area contributed by atoms with Crippen LogP contribution in [0.25, 0.3) is 0 Å². The van der Waals surface area contributed by atoms with Crippen molar-refractivity contribution in [1.82, 2.24) is 0 Å². The van der Waals surface area contributed by atoms with E-state index >= 15 is 0 Å². The third-order valence-corrected chi connectivity index (χ3v) is 2.25. The van der Waals surface area contributed by atoms with Crippen LogP contribution in [0.5, 0.6) is 0 Å². The van der Waals surface area contributed by atoms with Gasteiger partial charge in [0.15, 0.2) is 5.81 Å². The second-order valence-corrected chi connectivity index (χ2v) is 3.11. The van der Waals surface area contributed by atoms with Crippen molar-refractivity contribution in [3.05, 3.63) is 5.82 Å². The quantitative estimate of drug-likeness (QED) is 0.419. The predicted molar refractivity (Wildman–Crippen MR) is 40.0 cm³/mol. The Hall–Kier alpha value is -1.66. The summed E-state index contributed by atoms with van der Waals surface area (Å²) in [5.74, 6) is -1.67. The predicted octanol–water partition coefficient (Wildman–Crippen LogP) is -0.904. The van der Waals surface area contributed by atoms with E-state index in [1.54, 1.807) is 0 Å². The zero-order valence-corrected chi connectivity index (χ0v) is 6.61. The number of nitrogens with two attached hydrogens (primary N) is 1. The third-order valence-electron chi connectivity index (χ3n) is 2.25. The highest BCUT2D eigenvalue weighted by molar-refractivity contribution is 7.04. The highest BCUT2D eigenvalue weighted by Crippen LogP contribution is 2.40. The monoisotopic (exact) mass is 183 g/mol. The van der Waals surface area contributed by atoms with Crippen LogP contribution < -0.4 is 5.73 Å². The van der Waals surface area contributed by atoms with Crippen molar-refractivity contribution in [2.24, 2.45) is 5.73 Å². The standard InChI is InChI=1S/C6H6BNO5/c8-6(11)7-3(1-4(9)12-7)2-5(10)13-7/h1-2H2,(H2,8,11). The van der Waals surface area contributed by atoms with Crippen molar-refractivity contribution in [1.29, 1.82) is 0 Å². The van der Waals surface area contributed by atoms with Gasteiger partial charge in [0, 0.05) is 5.82 Å². The number of fused-ring (bicyclic) bond motifs is 1. The van der Waals surface area contributed by atoms with Crippen LogP contribution in [0.1, 0.15) is 12.8 Å². The summed E-state index contributed by atoms with van der Waals surface area (Å²) in [7, 11) is 0. The fraction of sp³-hybridized carbons (Fsp3) is 0.333. The van der Waals surface area contributed by atoms with Crippen LogP contribution >= 0.6 is 0 Å². The highest BCUT2D eigenvalue weighted by Gasteiger charge is 2.69. The molecule has 0 radical (unpaired) electrons. The van der Waals surface area contributed by atoms with Gasteiger partial charge in [-0.05, 0) is 0 Å². The van der Waals surface area contributed by atoms with E-state index < -0.39 is 24.3 Å². The van der Waals surface area contributed by atoms with Gasteiger partial charge in [0.25, 0.3) is 0 Å². The molecule has 0 unspecified atom stereocenters. The van der Waals surface area contributed by atoms with E-state index in [0.29, 0.717) is 5.82 Å². The Balaban J connectivity index is 2.37. The molecule has 2 rings (SSSR count). The van der Waals surface area contributed by atoms with Gasteiger partial charge in [-0.15, -0.1) is 0 Å². The molecule has 7 heteroatoms. The average molecular weight is 183 g/mol. The molecule has 0 bridgehead atoms. The molecule has 2 aliphatic heterocycles. The fourth-order valence-corrected chi connectivity index (χ4v) is 1.66. The van der Waals surface area contributed by atoms with E-state index in [-0.39, 0.29) is 12.8 Å². The minimum absolute atomic E-state index is 0.0469. The smallest absolute Gasteiger partial charge is 0.607 e. The van der Waals surface area contributed by atoms with Crippen LogP contribution in [0, 0.1) is 5.82 Å². The van der Waals surface area contributed by atoms with Crippen molar-refractivity contribution >= 4 is 24.3 Å². The number of rotatable bonds is 1. The van der Waals surface area contributed by atoms with Gasteiger partial charge >= 0.3 is 18.5 Å². The molecule has 2 N–H and O–H groups in total. The summed E-state index contributed by atoms with van der Waals surface area (Å²) in [5, 5.41) is 0. The van der Waals surface area contributed by atoms with Crippen molar-refractivity contribution in [3.8, 4) is 0 Å². The van der Waals surface area contributed by atoms with Gasteiger partial charge in [-0.25, -0.2) is 0 Å². The molecule has 0 saturated carbocycles. The van der Waals surface area contributed by atoms with Crippen LogP contribution in [-0.2, 0) is 18.9 Å². The van der Waals surface area contributed by atoms with E-state index in [2.05, 4.69) is 9.31 Å². The Labute approximate surface area is 73.3 Å². The molecule has 2 aliphatic rings. The molecule has 0 aromatic heterocycles. The van der Waals surface area contributed by atoms with Crippen molar-refractivity contribution < 1.29 is 23.7 Å². The number of amides is 1. The van der Waals surface area contributed by atoms with Crippen molar-refractivity contribution in [3.63, 3.8) is 0 Å². The summed E-state index contributed by atoms with van der Waals surface area (Å²) in [4.78, 5) is 32.7. The number of hydrogen-bond acceptors (Lipinski definition) is 5. The van der Waals surface area contributed by atoms with E-state index in [0.717, 1.165) is 0 Å². The highest BCUT2D eigenvalue weighted by atomic mass is 16.7. The molecule has 0 aliphatic carbocycles. The SMILES string of the molecule is NC(=O)[B-]12OC(=O)C[C+]1CC(=O)O2. The molecular weight excluding hydrogens is 177 g/mol. The zero-order valence-electron chi connectivity index (χ0n) is 6.61. The molecule has 1 amide bonds. The van der Waals surface area contributed by atoms with Crippen LogP contribution in [-0.4, -0.2) is 24.3 Å². The van der Waals surface area contributed by atoms with Gasteiger partial charge in [-0.1, -0.05) is 0 Å². The largest absolute Gasteiger partial charge is 0.642 e. The van der Waals surface area contributed by atoms with Crippen LogP contribution in [0.15, 0.2) is 0 Å². The average Bonchev–Trinajstić information content (AvgIpc) is 2.40. The molecule has 0 aromatic rings. The maximum Gasteiger partial charge on any atom is 0.642 e. The normalized spacial score (nSPS) is 23.8. The summed E-state index contributed by atoms with van der Waals surface area (Å²) in [6, 6.07) is 0. The Bertz CT molecular complexity index is 294. The molecule has 2 fully saturated rings. The molecule has 0 spiro atoms. The molecule has 0 atom stereocenters. The molecule has 68 valence electrons. The second kappa shape index (κ2) is 2.18. The minimum atomic E-state index is -2.59. The Morgan fingerprint density at radius 2 is 1.77 bits per heavy atom. The molecule has 0 aromatic carbocycles. The van der Waals surface area contributed by atoms with Gasteiger partial charge in [-0.2, -0.15) is 0 Å². The molecule has 6 nitrogen and oxygen atoms in total. The Kier molecular flexibility index (Phi) is 1.34. The van der Waals surface area contributed by atoms with E-state index in [9.17, 15) is 14.4 Å². The summed E-state index contributed by atoms with van der Waals surface area (Å²) < 4.78 is 9.35. The number of carbonyl (C=O) groups excluding carboxylic acids is 3. The van der Waals surface area contributed by atoms with Crippen LogP contribution in [0.4, 0.5) is 4.79 Å². The lowest BCUT2D eigenvalue weighted by atomic mass is 9.48. The topological polar surface area (TPSA) is 95.7 Å². The zero-order chi connectivity index (χ0) is 9.64. The maximum absolute atomic E-state index is 11.0. The number of primary amides is 1. The molecule has 2 heterocycles. The Morgan fingerprint density at radius 1 is 1.31 bits per heavy atom. The first-order valence-corrected chi connectivity index (χ1v) is 3.77. The Morgan fingerprint density at radius 3 is 2.08 bits per heavy atom. The molecule has 13 heavy (non-hydrogen) atoms. The van der Waals surface area contributed by atoms with Gasteiger partial charge in [-0.3, -0.25) is 9.59 Å². The van der Waals surface area contributed by atoms with Crippen LogP contribution in [0.3, 0.4) is 0 Å². The van der Waals surface area contributed by atoms with E-state index in [1.807, 2.05) is 0 Å². The van der Waals surface area contributed by atoms with Gasteiger partial charge < -0.3 is 19.8 Å². The number of hydrogen-bond donors (Lipinski definition) is 1. The lowest BCUT2D eigenvalue weighted by Crippen LogP contribution is -2.52. The second-order valence-electron chi connectivity index (χ2n) is 3.11. The van der Waals surface area contributed by atoms with E-state index in [4.69, 9.17) is 5.73 Å². The van der Waals surface area contributed by atoms with Gasteiger partial charge in [0.2, 0.25) is 0 Å². The first-order valence-electron chi connectivity index (χ1n) is 3.77.